The van der Waals surface area contributed by atoms with Gasteiger partial charge in [-0.25, -0.2) is 4.39 Å². The maximum atomic E-state index is 14.1. The normalized spacial score (nSPS) is 10.9. The van der Waals surface area contributed by atoms with Gasteiger partial charge in [-0.05, 0) is 60.6 Å². The molecule has 0 heterocycles. The van der Waals surface area contributed by atoms with Gasteiger partial charge in [0.1, 0.15) is 5.82 Å². The fraction of sp³-hybridized carbons (Fsp3) is 0.345. The molecule has 0 unspecified atom stereocenters. The summed E-state index contributed by atoms with van der Waals surface area (Å²) in [5, 5.41) is 3.31. The van der Waals surface area contributed by atoms with E-state index in [9.17, 15) is 9.18 Å². The third kappa shape index (κ3) is 7.46. The average molecular weight is 492 g/mol. The average Bonchev–Trinajstić information content (AvgIpc) is 2.86. The van der Waals surface area contributed by atoms with Gasteiger partial charge in [0.2, 0.25) is 0 Å². The number of hydrogen-bond donors (Lipinski definition) is 1. The number of rotatable bonds is 11. The Labute approximate surface area is 214 Å². The first-order valence-electron chi connectivity index (χ1n) is 12.1. The largest absolute Gasteiger partial charge is 0.380 e. The third-order valence-corrected chi connectivity index (χ3v) is 6.22. The minimum atomic E-state index is -0.425. The van der Waals surface area contributed by atoms with E-state index in [1.54, 1.807) is 18.0 Å². The Kier molecular flexibility index (Phi) is 9.31. The van der Waals surface area contributed by atoms with E-state index in [1.807, 2.05) is 52.3 Å². The minimum absolute atomic E-state index is 0.205. The Morgan fingerprint density at radius 2 is 1.31 bits per heavy atom. The highest BCUT2D eigenvalue weighted by molar-refractivity contribution is 5.99. The highest BCUT2D eigenvalue weighted by Crippen LogP contribution is 2.21. The second-order valence-corrected chi connectivity index (χ2v) is 9.63. The quantitative estimate of drug-likeness (QED) is 0.418. The van der Waals surface area contributed by atoms with Crippen molar-refractivity contribution in [3.63, 3.8) is 0 Å². The number of benzene rings is 3. The Bertz CT molecular complexity index is 1130. The Hall–Kier alpha value is -3.58. The molecule has 3 aromatic rings. The summed E-state index contributed by atoms with van der Waals surface area (Å²) in [5.41, 5.74) is 5.54. The fourth-order valence-corrected chi connectivity index (χ4v) is 3.87. The molecule has 0 spiro atoms. The van der Waals surface area contributed by atoms with E-state index in [0.29, 0.717) is 30.9 Å². The molecule has 0 bridgehead atoms. The van der Waals surface area contributed by atoms with Gasteiger partial charge in [-0.15, -0.1) is 0 Å². The number of carbonyl (C=O) groups is 1. The summed E-state index contributed by atoms with van der Waals surface area (Å²) in [7, 11) is 11.8. The van der Waals surface area contributed by atoms with Crippen molar-refractivity contribution in [1.82, 2.24) is 9.80 Å². The van der Waals surface area contributed by atoms with E-state index in [-0.39, 0.29) is 5.91 Å². The van der Waals surface area contributed by atoms with Gasteiger partial charge in [0, 0.05) is 78.5 Å². The maximum Gasteiger partial charge on any atom is 0.255 e. The summed E-state index contributed by atoms with van der Waals surface area (Å²) in [4.78, 5) is 21.2. The molecule has 6 nitrogen and oxygen atoms in total. The summed E-state index contributed by atoms with van der Waals surface area (Å²) in [6, 6.07) is 21.0. The number of carbonyl (C=O) groups excluding carboxylic acids is 1. The van der Waals surface area contributed by atoms with E-state index in [2.05, 4.69) is 51.5 Å². The topological polar surface area (TPSA) is 42.1 Å². The number of halogens is 1. The molecule has 0 saturated carbocycles. The lowest BCUT2D eigenvalue weighted by molar-refractivity contribution is 0.0782. The van der Waals surface area contributed by atoms with Crippen molar-refractivity contribution >= 4 is 23.0 Å². The second kappa shape index (κ2) is 12.4. The smallest absolute Gasteiger partial charge is 0.255 e. The number of nitrogens with zero attached hydrogens (tertiary/aromatic N) is 4. The number of hydrogen-bond acceptors (Lipinski definition) is 5. The molecule has 0 atom stereocenters. The van der Waals surface area contributed by atoms with Gasteiger partial charge in [0.25, 0.3) is 5.91 Å². The third-order valence-electron chi connectivity index (χ3n) is 6.22. The van der Waals surface area contributed by atoms with E-state index >= 15 is 0 Å². The molecule has 192 valence electrons. The van der Waals surface area contributed by atoms with Crippen molar-refractivity contribution < 1.29 is 9.18 Å². The first kappa shape index (κ1) is 27.0. The molecule has 0 aliphatic heterocycles. The van der Waals surface area contributed by atoms with Gasteiger partial charge in [-0.3, -0.25) is 4.79 Å². The Morgan fingerprint density at radius 3 is 1.86 bits per heavy atom. The van der Waals surface area contributed by atoms with Crippen LogP contribution in [0.2, 0.25) is 0 Å². The molecular weight excluding hydrogens is 453 g/mol. The van der Waals surface area contributed by atoms with Crippen LogP contribution in [0.3, 0.4) is 0 Å². The summed E-state index contributed by atoms with van der Waals surface area (Å²) in [5.74, 6) is -0.630. The summed E-state index contributed by atoms with van der Waals surface area (Å²) in [6.45, 7) is 2.56. The van der Waals surface area contributed by atoms with E-state index in [1.165, 1.54) is 17.7 Å². The van der Waals surface area contributed by atoms with Gasteiger partial charge >= 0.3 is 0 Å². The van der Waals surface area contributed by atoms with Crippen LogP contribution in [-0.4, -0.2) is 71.1 Å². The van der Waals surface area contributed by atoms with Gasteiger partial charge < -0.3 is 24.9 Å². The van der Waals surface area contributed by atoms with Crippen molar-refractivity contribution in [2.75, 3.05) is 70.5 Å². The van der Waals surface area contributed by atoms with Crippen LogP contribution >= 0.6 is 0 Å². The molecule has 0 fully saturated rings. The molecule has 36 heavy (non-hydrogen) atoms. The van der Waals surface area contributed by atoms with Gasteiger partial charge in [0.05, 0.1) is 5.56 Å². The number of anilines is 3. The molecule has 1 N–H and O–H groups in total. The lowest BCUT2D eigenvalue weighted by Gasteiger charge is -2.23. The maximum absolute atomic E-state index is 14.1. The van der Waals surface area contributed by atoms with Gasteiger partial charge in [0.15, 0.2) is 0 Å². The molecule has 0 radical (unpaired) electrons. The fourth-order valence-electron chi connectivity index (χ4n) is 3.87. The van der Waals surface area contributed by atoms with Crippen molar-refractivity contribution in [1.29, 1.82) is 0 Å². The molecule has 0 saturated heterocycles. The van der Waals surface area contributed by atoms with Crippen LogP contribution in [0.1, 0.15) is 21.5 Å². The zero-order chi connectivity index (χ0) is 26.2. The monoisotopic (exact) mass is 491 g/mol. The molecule has 0 aromatic heterocycles. The van der Waals surface area contributed by atoms with Gasteiger partial charge in [-0.1, -0.05) is 24.3 Å². The lowest BCUT2D eigenvalue weighted by Crippen LogP contribution is -2.35. The first-order valence-corrected chi connectivity index (χ1v) is 12.1. The lowest BCUT2D eigenvalue weighted by atomic mass is 10.1. The minimum Gasteiger partial charge on any atom is -0.380 e. The molecule has 0 aliphatic rings. The molecule has 7 heteroatoms. The number of likely N-dealkylation sites (N-methyl/N-ethyl adjacent to an activating group) is 2. The van der Waals surface area contributed by atoms with Crippen molar-refractivity contribution in [2.24, 2.45) is 0 Å². The highest BCUT2D eigenvalue weighted by Gasteiger charge is 2.17. The van der Waals surface area contributed by atoms with E-state index in [4.69, 9.17) is 0 Å². The number of amides is 1. The standard InChI is InChI=1S/C29H38FN5O/c1-32(2)25-12-7-22(8-13-25)20-31-28-16-11-24(30)19-27(28)29(36)35(6)18-17-34(5)21-23-9-14-26(15-10-23)33(3)4/h7-16,19,31H,17-18,20-21H2,1-6H3. The van der Waals surface area contributed by atoms with Crippen LogP contribution in [0.25, 0.3) is 0 Å². The van der Waals surface area contributed by atoms with Crippen LogP contribution in [-0.2, 0) is 13.1 Å². The van der Waals surface area contributed by atoms with Crippen LogP contribution in [0, 0.1) is 5.82 Å². The second-order valence-electron chi connectivity index (χ2n) is 9.63. The van der Waals surface area contributed by atoms with Crippen LogP contribution in [0.4, 0.5) is 21.5 Å². The Morgan fingerprint density at radius 1 is 0.750 bits per heavy atom. The first-order chi connectivity index (χ1) is 17.1. The summed E-state index contributed by atoms with van der Waals surface area (Å²) >= 11 is 0. The van der Waals surface area contributed by atoms with E-state index < -0.39 is 5.82 Å². The van der Waals surface area contributed by atoms with Crippen LogP contribution < -0.4 is 15.1 Å². The van der Waals surface area contributed by atoms with Crippen molar-refractivity contribution in [3.05, 3.63) is 89.2 Å². The van der Waals surface area contributed by atoms with Gasteiger partial charge in [-0.2, -0.15) is 0 Å². The Balaban J connectivity index is 1.58. The summed E-state index contributed by atoms with van der Waals surface area (Å²) < 4.78 is 14.1. The number of nitrogens with one attached hydrogen (secondary N) is 1. The summed E-state index contributed by atoms with van der Waals surface area (Å²) in [6.07, 6.45) is 0. The van der Waals surface area contributed by atoms with Crippen molar-refractivity contribution in [2.45, 2.75) is 13.1 Å². The van der Waals surface area contributed by atoms with E-state index in [0.717, 1.165) is 23.5 Å². The molecular formula is C29H38FN5O. The molecule has 3 aromatic carbocycles. The van der Waals surface area contributed by atoms with Crippen molar-refractivity contribution in [3.8, 4) is 0 Å². The molecule has 0 aliphatic carbocycles. The molecule has 3 rings (SSSR count). The zero-order valence-electron chi connectivity index (χ0n) is 22.3. The molecule has 1 amide bonds. The predicted molar refractivity (Wildman–Crippen MR) is 149 cm³/mol. The highest BCUT2D eigenvalue weighted by atomic mass is 19.1. The zero-order valence-corrected chi connectivity index (χ0v) is 22.3. The van der Waals surface area contributed by atoms with Crippen LogP contribution in [0.5, 0.6) is 0 Å². The van der Waals surface area contributed by atoms with Crippen LogP contribution in [0.15, 0.2) is 66.7 Å². The predicted octanol–water partition coefficient (Wildman–Crippen LogP) is 4.77. The SMILES string of the molecule is CN(CCN(C)C(=O)c1cc(F)ccc1NCc1ccc(N(C)C)cc1)Cc1ccc(N(C)C)cc1.